The highest BCUT2D eigenvalue weighted by Crippen LogP contribution is 2.50. The molecular weight excluding hydrogens is 646 g/mol. The first-order valence-electron chi connectivity index (χ1n) is 18.6. The van der Waals surface area contributed by atoms with Crippen LogP contribution in [0.15, 0.2) is 48.8 Å². The Morgan fingerprint density at radius 3 is 2.45 bits per heavy atom. The van der Waals surface area contributed by atoms with E-state index in [1.54, 1.807) is 24.4 Å². The summed E-state index contributed by atoms with van der Waals surface area (Å²) in [6.07, 6.45) is 9.78. The molecule has 10 nitrogen and oxygen atoms in total. The summed E-state index contributed by atoms with van der Waals surface area (Å²) in [6, 6.07) is 11.3. The fourth-order valence-electron chi connectivity index (χ4n) is 9.23. The summed E-state index contributed by atoms with van der Waals surface area (Å²) in [5.74, 6) is 2.66. The van der Waals surface area contributed by atoms with E-state index >= 15 is 0 Å². The highest BCUT2D eigenvalue weighted by Gasteiger charge is 2.44. The summed E-state index contributed by atoms with van der Waals surface area (Å²) >= 11 is 0. The molecule has 51 heavy (non-hydrogen) atoms. The number of carbonyl (C=O) groups excluding carboxylic acids is 2. The van der Waals surface area contributed by atoms with E-state index in [-0.39, 0.29) is 30.2 Å². The molecule has 8 atom stereocenters. The van der Waals surface area contributed by atoms with Gasteiger partial charge in [0.2, 0.25) is 0 Å². The topological polar surface area (TPSA) is 157 Å². The number of nitrogen functional groups attached to an aromatic ring is 1. The van der Waals surface area contributed by atoms with Crippen LogP contribution in [0.25, 0.3) is 11.1 Å². The number of ether oxygens (including phenoxy) is 3. The molecule has 278 valence electrons. The van der Waals surface area contributed by atoms with Crippen molar-refractivity contribution in [1.82, 2.24) is 9.97 Å². The zero-order chi connectivity index (χ0) is 36.7. The summed E-state index contributed by atoms with van der Waals surface area (Å²) in [5.41, 5.74) is 9.72. The number of hydrogen-bond donors (Lipinski definition) is 4. The number of aromatic hydroxyl groups is 1. The molecule has 10 heteroatoms. The quantitative estimate of drug-likeness (QED) is 0.128. The Balaban J connectivity index is 1.40. The van der Waals surface area contributed by atoms with Gasteiger partial charge in [0.25, 0.3) is 0 Å². The second-order valence-electron chi connectivity index (χ2n) is 15.4. The minimum Gasteiger partial charge on any atom is -0.504 e. The number of nitrogens with zero attached hydrogens (tertiary/aromatic N) is 1. The van der Waals surface area contributed by atoms with E-state index in [4.69, 9.17) is 19.9 Å². The molecule has 0 radical (unpaired) electrons. The van der Waals surface area contributed by atoms with E-state index < -0.39 is 18.2 Å². The molecule has 2 heterocycles. The molecule has 0 saturated heterocycles. The molecule has 0 aliphatic heterocycles. The lowest BCUT2D eigenvalue weighted by Crippen LogP contribution is -2.42. The summed E-state index contributed by atoms with van der Waals surface area (Å²) < 4.78 is 17.5. The van der Waals surface area contributed by atoms with Crippen molar-refractivity contribution < 1.29 is 34.0 Å². The normalized spacial score (nSPS) is 24.6. The van der Waals surface area contributed by atoms with E-state index in [1.807, 2.05) is 12.3 Å². The number of aryl methyl sites for hydroxylation is 1. The van der Waals surface area contributed by atoms with Gasteiger partial charge in [-0.25, -0.2) is 4.98 Å². The van der Waals surface area contributed by atoms with Gasteiger partial charge in [0.05, 0.1) is 7.11 Å². The van der Waals surface area contributed by atoms with Crippen LogP contribution in [0.3, 0.4) is 0 Å². The molecule has 0 amide bonds. The van der Waals surface area contributed by atoms with Crippen LogP contribution in [0.2, 0.25) is 0 Å². The number of nitrogens with two attached hydrogens (primary N) is 1. The summed E-state index contributed by atoms with van der Waals surface area (Å²) in [5, 5.41) is 21.3. The molecule has 2 saturated carbocycles. The van der Waals surface area contributed by atoms with Crippen molar-refractivity contribution in [3.8, 4) is 22.6 Å². The molecule has 5 N–H and O–H groups in total. The smallest absolute Gasteiger partial charge is 0.302 e. The van der Waals surface area contributed by atoms with Crippen LogP contribution in [0.1, 0.15) is 83.9 Å². The van der Waals surface area contributed by atoms with Crippen molar-refractivity contribution in [3.05, 3.63) is 60.0 Å². The Morgan fingerprint density at radius 1 is 1.02 bits per heavy atom. The van der Waals surface area contributed by atoms with E-state index in [0.717, 1.165) is 55.2 Å². The van der Waals surface area contributed by atoms with Crippen molar-refractivity contribution >= 4 is 17.8 Å². The Labute approximate surface area is 302 Å². The maximum absolute atomic E-state index is 12.7. The standard InChI is InChI=1S/C41H57N3O7/c1-24(2)36-18-31(17-34-7-6-11-43-34)30-13-27(23-45)14-33(16-32(36)15-30)39(51-26(4)47)21-35(50-25(3)46)9-8-28-19-40(49-5)38(48)22-37(28)29-10-12-44-41(42)20-29/h6-7,10-12,19-20,22,24,27,30-33,35-36,39,43,45,48H,8-9,13-18,21,23H2,1-5H3,(H2,42,44). The lowest BCUT2D eigenvalue weighted by molar-refractivity contribution is -0.157. The average Bonchev–Trinajstić information content (AvgIpc) is 3.59. The van der Waals surface area contributed by atoms with Crippen LogP contribution in [0.4, 0.5) is 5.82 Å². The Morgan fingerprint density at radius 2 is 1.80 bits per heavy atom. The number of hydrogen-bond acceptors (Lipinski definition) is 9. The number of pyridine rings is 1. The molecule has 1 aromatic carbocycles. The van der Waals surface area contributed by atoms with Crippen molar-refractivity contribution in [2.75, 3.05) is 19.5 Å². The van der Waals surface area contributed by atoms with Crippen LogP contribution in [0, 0.1) is 41.4 Å². The van der Waals surface area contributed by atoms with Gasteiger partial charge in [-0.3, -0.25) is 9.59 Å². The number of benzene rings is 1. The SMILES string of the molecule is COc1cc(CCC(CC(OC(C)=O)C2CC(CO)CC3CC(C2)C(C(C)C)CC3Cc2ccc[nH]2)OC(C)=O)c(-c2ccnc(N)c2)cc1O. The first-order chi connectivity index (χ1) is 24.4. The first kappa shape index (κ1) is 38.2. The first-order valence-corrected chi connectivity index (χ1v) is 18.6. The lowest BCUT2D eigenvalue weighted by Gasteiger charge is -2.48. The molecule has 0 spiro atoms. The van der Waals surface area contributed by atoms with E-state index in [2.05, 4.69) is 35.9 Å². The monoisotopic (exact) mass is 703 g/mol. The maximum Gasteiger partial charge on any atom is 0.302 e. The second kappa shape index (κ2) is 17.4. The largest absolute Gasteiger partial charge is 0.504 e. The van der Waals surface area contributed by atoms with Crippen LogP contribution >= 0.6 is 0 Å². The number of phenolic OH excluding ortho intramolecular Hbond substituents is 1. The number of aliphatic hydroxyl groups excluding tert-OH is 1. The Hall–Kier alpha value is -4.05. The predicted octanol–water partition coefficient (Wildman–Crippen LogP) is 7.13. The van der Waals surface area contributed by atoms with Crippen LogP contribution in [-0.2, 0) is 31.9 Å². The number of rotatable bonds is 14. The zero-order valence-electron chi connectivity index (χ0n) is 30.8. The lowest BCUT2D eigenvalue weighted by atomic mass is 9.58. The molecule has 2 fully saturated rings. The van der Waals surface area contributed by atoms with Gasteiger partial charge in [-0.15, -0.1) is 0 Å². The number of carbonyl (C=O) groups is 2. The number of phenols is 1. The fourth-order valence-corrected chi connectivity index (χ4v) is 9.23. The van der Waals surface area contributed by atoms with Crippen molar-refractivity contribution in [2.45, 2.75) is 97.7 Å². The van der Waals surface area contributed by atoms with E-state index in [1.165, 1.54) is 26.7 Å². The highest BCUT2D eigenvalue weighted by atomic mass is 16.6. The molecule has 2 bridgehead atoms. The van der Waals surface area contributed by atoms with Gasteiger partial charge >= 0.3 is 11.9 Å². The average molecular weight is 704 g/mol. The fraction of sp³-hybridized carbons (Fsp3) is 0.585. The minimum absolute atomic E-state index is 0.00100. The van der Waals surface area contributed by atoms with Crippen LogP contribution < -0.4 is 10.5 Å². The van der Waals surface area contributed by atoms with Gasteiger partial charge < -0.3 is 35.1 Å². The third-order valence-electron chi connectivity index (χ3n) is 11.5. The van der Waals surface area contributed by atoms with Gasteiger partial charge in [-0.2, -0.15) is 0 Å². The van der Waals surface area contributed by atoms with E-state index in [0.29, 0.717) is 60.4 Å². The second-order valence-corrected chi connectivity index (χ2v) is 15.4. The number of aliphatic hydroxyl groups is 1. The van der Waals surface area contributed by atoms with Gasteiger partial charge in [0, 0.05) is 45.0 Å². The number of aromatic nitrogens is 2. The molecule has 8 unspecified atom stereocenters. The maximum atomic E-state index is 12.7. The number of anilines is 1. The van der Waals surface area contributed by atoms with Crippen LogP contribution in [-0.4, -0.2) is 58.0 Å². The van der Waals surface area contributed by atoms with Gasteiger partial charge in [0.15, 0.2) is 11.5 Å². The van der Waals surface area contributed by atoms with Crippen molar-refractivity contribution in [3.63, 3.8) is 0 Å². The van der Waals surface area contributed by atoms with Crippen LogP contribution in [0.5, 0.6) is 11.5 Å². The number of aromatic amines is 1. The van der Waals surface area contributed by atoms with Gasteiger partial charge in [0.1, 0.15) is 18.0 Å². The Kier molecular flexibility index (Phi) is 13.1. The minimum atomic E-state index is -0.537. The summed E-state index contributed by atoms with van der Waals surface area (Å²) in [7, 11) is 1.50. The number of H-pyrrole nitrogens is 1. The third kappa shape index (κ3) is 10.1. The number of methoxy groups -OCH3 is 1. The van der Waals surface area contributed by atoms with Gasteiger partial charge in [-0.1, -0.05) is 13.8 Å². The van der Waals surface area contributed by atoms with E-state index in [9.17, 15) is 19.8 Å². The molecule has 3 aromatic rings. The predicted molar refractivity (Wildman–Crippen MR) is 197 cm³/mol. The number of esters is 2. The highest BCUT2D eigenvalue weighted by molar-refractivity contribution is 5.72. The number of fused-ring (bicyclic) bond motifs is 2. The van der Waals surface area contributed by atoms with Gasteiger partial charge in [-0.05, 0) is 146 Å². The molecule has 2 aliphatic rings. The number of nitrogens with one attached hydrogen (secondary N) is 1. The molecule has 2 aromatic heterocycles. The molecule has 2 aliphatic carbocycles. The third-order valence-corrected chi connectivity index (χ3v) is 11.5. The van der Waals surface area contributed by atoms with Crippen molar-refractivity contribution in [1.29, 1.82) is 0 Å². The summed E-state index contributed by atoms with van der Waals surface area (Å²) in [4.78, 5) is 32.7. The Bertz CT molecular complexity index is 1590. The zero-order valence-corrected chi connectivity index (χ0v) is 30.8. The molecule has 5 rings (SSSR count). The summed E-state index contributed by atoms with van der Waals surface area (Å²) in [6.45, 7) is 7.58. The molecular formula is C41H57N3O7. The van der Waals surface area contributed by atoms with Crippen molar-refractivity contribution in [2.24, 2.45) is 41.4 Å².